The molecule has 122 valence electrons. The molecular formula is C16H34O2Si3. The first-order valence-electron chi connectivity index (χ1n) is 8.04. The van der Waals surface area contributed by atoms with Gasteiger partial charge in [-0.1, -0.05) is 58.1 Å². The minimum absolute atomic E-state index is 0.176. The first kappa shape index (κ1) is 18.9. The van der Waals surface area contributed by atoms with E-state index in [9.17, 15) is 4.79 Å². The van der Waals surface area contributed by atoms with Crippen molar-refractivity contribution in [1.82, 2.24) is 0 Å². The maximum atomic E-state index is 12.2. The third-order valence-corrected chi connectivity index (χ3v) is 16.6. The maximum Gasteiger partial charge on any atom is 0.333 e. The fraction of sp³-hybridized carbons (Fsp3) is 0.812. The summed E-state index contributed by atoms with van der Waals surface area (Å²) >= 11 is 0. The van der Waals surface area contributed by atoms with Crippen LogP contribution in [0.4, 0.5) is 0 Å². The van der Waals surface area contributed by atoms with E-state index in [1.54, 1.807) is 6.92 Å². The summed E-state index contributed by atoms with van der Waals surface area (Å²) in [5.41, 5.74) is 1.80. The molecule has 1 aliphatic rings. The average molecular weight is 343 g/mol. The van der Waals surface area contributed by atoms with Crippen molar-refractivity contribution in [3.05, 3.63) is 12.2 Å². The van der Waals surface area contributed by atoms with E-state index in [0.717, 1.165) is 18.1 Å². The van der Waals surface area contributed by atoms with Gasteiger partial charge in [-0.3, -0.25) is 0 Å². The highest BCUT2D eigenvalue weighted by molar-refractivity contribution is 6.97. The van der Waals surface area contributed by atoms with E-state index >= 15 is 0 Å². The van der Waals surface area contributed by atoms with Crippen molar-refractivity contribution in [2.45, 2.75) is 82.2 Å². The van der Waals surface area contributed by atoms with Gasteiger partial charge in [-0.2, -0.15) is 0 Å². The molecule has 0 radical (unpaired) electrons. The van der Waals surface area contributed by atoms with Crippen molar-refractivity contribution in [3.8, 4) is 0 Å². The van der Waals surface area contributed by atoms with Gasteiger partial charge in [0.15, 0.2) is 0 Å². The summed E-state index contributed by atoms with van der Waals surface area (Å²) in [7, 11) is -3.88. The lowest BCUT2D eigenvalue weighted by Crippen LogP contribution is -2.58. The van der Waals surface area contributed by atoms with Crippen LogP contribution in [0.25, 0.3) is 0 Å². The van der Waals surface area contributed by atoms with Gasteiger partial charge >= 0.3 is 5.97 Å². The highest BCUT2D eigenvalue weighted by Crippen LogP contribution is 2.47. The molecule has 0 aliphatic carbocycles. The molecule has 0 N–H and O–H groups in total. The first-order valence-corrected chi connectivity index (χ1v) is 18.6. The third-order valence-electron chi connectivity index (χ3n) is 4.07. The van der Waals surface area contributed by atoms with Crippen molar-refractivity contribution >= 4 is 30.2 Å². The normalized spacial score (nSPS) is 23.4. The number of carbonyl (C=O) groups excluding carboxylic acids is 1. The largest absolute Gasteiger partial charge is 0.457 e. The lowest BCUT2D eigenvalue weighted by molar-refractivity contribution is -0.150. The second-order valence-corrected chi connectivity index (χ2v) is 26.2. The van der Waals surface area contributed by atoms with Gasteiger partial charge in [0, 0.05) is 29.8 Å². The fourth-order valence-corrected chi connectivity index (χ4v) is 23.2. The van der Waals surface area contributed by atoms with E-state index in [2.05, 4.69) is 52.4 Å². The zero-order valence-corrected chi connectivity index (χ0v) is 18.4. The van der Waals surface area contributed by atoms with Crippen molar-refractivity contribution in [2.24, 2.45) is 0 Å². The molecule has 0 aromatic heterocycles. The van der Waals surface area contributed by atoms with Crippen molar-refractivity contribution < 1.29 is 9.53 Å². The third kappa shape index (κ3) is 5.87. The molecule has 2 nitrogen and oxygen atoms in total. The van der Waals surface area contributed by atoms with E-state index in [-0.39, 0.29) is 11.6 Å². The number of ether oxygens (including phenoxy) is 1. The molecule has 1 heterocycles. The van der Waals surface area contributed by atoms with Gasteiger partial charge in [0.2, 0.25) is 0 Å². The number of esters is 1. The van der Waals surface area contributed by atoms with Crippen LogP contribution in [0.2, 0.25) is 69.6 Å². The molecule has 0 atom stereocenters. The minimum atomic E-state index is -1.31. The molecule has 0 bridgehead atoms. The Morgan fingerprint density at radius 1 is 1.14 bits per heavy atom. The summed E-state index contributed by atoms with van der Waals surface area (Å²) in [5, 5.41) is 0. The Labute approximate surface area is 134 Å². The Bertz CT molecular complexity index is 412. The van der Waals surface area contributed by atoms with Crippen LogP contribution in [0.3, 0.4) is 0 Å². The molecule has 0 amide bonds. The molecule has 1 fully saturated rings. The topological polar surface area (TPSA) is 26.3 Å². The van der Waals surface area contributed by atoms with Crippen molar-refractivity contribution in [2.75, 3.05) is 0 Å². The Balaban J connectivity index is 3.17. The van der Waals surface area contributed by atoms with Crippen LogP contribution in [0.5, 0.6) is 0 Å². The molecule has 0 spiro atoms. The van der Waals surface area contributed by atoms with Crippen LogP contribution in [0, 0.1) is 0 Å². The second kappa shape index (κ2) is 5.81. The second-order valence-electron chi connectivity index (χ2n) is 9.95. The van der Waals surface area contributed by atoms with Crippen molar-refractivity contribution in [1.29, 1.82) is 0 Å². The highest BCUT2D eigenvalue weighted by Gasteiger charge is 2.52. The van der Waals surface area contributed by atoms with Crippen LogP contribution in [0.15, 0.2) is 12.2 Å². The zero-order valence-electron chi connectivity index (χ0n) is 15.4. The van der Waals surface area contributed by atoms with Gasteiger partial charge in [-0.25, -0.2) is 4.79 Å². The van der Waals surface area contributed by atoms with Gasteiger partial charge in [-0.15, -0.1) is 0 Å². The fourth-order valence-electron chi connectivity index (χ4n) is 4.71. The lowest BCUT2D eigenvalue weighted by atomic mass is 10.1. The summed E-state index contributed by atoms with van der Waals surface area (Å²) in [6.07, 6.45) is 0. The van der Waals surface area contributed by atoms with Crippen molar-refractivity contribution in [3.63, 3.8) is 0 Å². The van der Waals surface area contributed by atoms with Gasteiger partial charge in [-0.05, 0) is 25.1 Å². The summed E-state index contributed by atoms with van der Waals surface area (Å²) < 4.78 is 6.15. The van der Waals surface area contributed by atoms with E-state index in [0.29, 0.717) is 5.57 Å². The van der Waals surface area contributed by atoms with Gasteiger partial charge in [0.1, 0.15) is 5.60 Å². The molecule has 0 aromatic carbocycles. The molecule has 21 heavy (non-hydrogen) atoms. The van der Waals surface area contributed by atoms with Crippen LogP contribution in [-0.2, 0) is 9.53 Å². The Morgan fingerprint density at radius 3 is 1.90 bits per heavy atom. The number of carbonyl (C=O) groups is 1. The van der Waals surface area contributed by atoms with Crippen LogP contribution in [0.1, 0.15) is 6.92 Å². The predicted molar refractivity (Wildman–Crippen MR) is 101 cm³/mol. The Hall–Kier alpha value is -0.139. The minimum Gasteiger partial charge on any atom is -0.457 e. The highest BCUT2D eigenvalue weighted by atomic mass is 28.4. The van der Waals surface area contributed by atoms with E-state index in [1.807, 2.05) is 0 Å². The summed E-state index contributed by atoms with van der Waals surface area (Å²) in [6, 6.07) is 3.38. The van der Waals surface area contributed by atoms with Crippen LogP contribution < -0.4 is 0 Å². The van der Waals surface area contributed by atoms with Gasteiger partial charge in [0.05, 0.1) is 0 Å². The summed E-state index contributed by atoms with van der Waals surface area (Å²) in [4.78, 5) is 12.2. The van der Waals surface area contributed by atoms with Crippen LogP contribution in [-0.4, -0.2) is 35.8 Å². The van der Waals surface area contributed by atoms with E-state index < -0.39 is 24.2 Å². The summed E-state index contributed by atoms with van der Waals surface area (Å²) in [6.45, 7) is 22.6. The van der Waals surface area contributed by atoms with Gasteiger partial charge < -0.3 is 4.74 Å². The average Bonchev–Trinajstić information content (AvgIpc) is 2.06. The number of hydrogen-bond acceptors (Lipinski definition) is 2. The molecule has 1 aliphatic heterocycles. The van der Waals surface area contributed by atoms with Crippen LogP contribution >= 0.6 is 0 Å². The van der Waals surface area contributed by atoms with E-state index in [4.69, 9.17) is 4.74 Å². The maximum absolute atomic E-state index is 12.2. The predicted octanol–water partition coefficient (Wildman–Crippen LogP) is 5.15. The molecule has 5 heteroatoms. The molecule has 0 aromatic rings. The molecule has 0 unspecified atom stereocenters. The summed E-state index contributed by atoms with van der Waals surface area (Å²) in [5.74, 6) is -0.176. The Kier molecular flexibility index (Phi) is 5.23. The first-order chi connectivity index (χ1) is 9.16. The van der Waals surface area contributed by atoms with E-state index in [1.165, 1.54) is 5.67 Å². The number of hydrogen-bond donors (Lipinski definition) is 0. The molecule has 1 saturated heterocycles. The Morgan fingerprint density at radius 2 is 1.57 bits per heavy atom. The lowest BCUT2D eigenvalue weighted by Gasteiger charge is -2.51. The van der Waals surface area contributed by atoms with Gasteiger partial charge in [0.25, 0.3) is 0 Å². The molecule has 0 saturated carbocycles. The smallest absolute Gasteiger partial charge is 0.333 e. The quantitative estimate of drug-likeness (QED) is 0.401. The zero-order chi connectivity index (χ0) is 16.7. The molecule has 1 rings (SSSR count). The standard InChI is InChI=1S/C16H34O2Si3/c1-14(2)15(17)18-16(10-19(3,4)5)11-20(6,7)13-21(8,9)12-16/h1,10-13H2,2-9H3. The SMILES string of the molecule is C=C(C)C(=O)OC1(C[Si](C)(C)C)C[Si](C)(C)C[Si](C)(C)C1. The monoisotopic (exact) mass is 342 g/mol. The molecular weight excluding hydrogens is 308 g/mol. The number of rotatable bonds is 4.